The van der Waals surface area contributed by atoms with Gasteiger partial charge in [-0.3, -0.25) is 0 Å². The molecule has 0 atom stereocenters. The monoisotopic (exact) mass is 457 g/mol. The molecule has 0 bridgehead atoms. The number of nitrogens with zero attached hydrogens (tertiary/aromatic N) is 3. The van der Waals surface area contributed by atoms with Gasteiger partial charge < -0.3 is 15.0 Å². The lowest BCUT2D eigenvalue weighted by Gasteiger charge is -2.08. The SMILES string of the molecule is N#Cc1nc(-c2cccc(C(F)(F)F)c2)cc2[nH]c(CNCCOC(=O)C(F)(F)F)nc12. The summed E-state index contributed by atoms with van der Waals surface area (Å²) < 4.78 is 79.1. The third kappa shape index (κ3) is 5.33. The Kier molecular flexibility index (Phi) is 6.35. The molecule has 0 aliphatic carbocycles. The molecule has 0 aliphatic rings. The highest BCUT2D eigenvalue weighted by molar-refractivity contribution is 5.84. The fourth-order valence-corrected chi connectivity index (χ4v) is 2.73. The molecule has 0 fully saturated rings. The maximum Gasteiger partial charge on any atom is 0.490 e. The number of rotatable bonds is 6. The number of ether oxygens (including phenoxy) is 1. The minimum Gasteiger partial charge on any atom is -0.458 e. The number of imidazole rings is 1. The molecular weight excluding hydrogens is 444 g/mol. The summed E-state index contributed by atoms with van der Waals surface area (Å²) in [5, 5.41) is 12.1. The first-order valence-electron chi connectivity index (χ1n) is 8.91. The Labute approximate surface area is 176 Å². The maximum atomic E-state index is 13.0. The molecule has 0 unspecified atom stereocenters. The minimum absolute atomic E-state index is 0.0298. The van der Waals surface area contributed by atoms with E-state index in [1.54, 1.807) is 0 Å². The van der Waals surface area contributed by atoms with E-state index in [1.807, 2.05) is 6.07 Å². The van der Waals surface area contributed by atoms with E-state index in [2.05, 4.69) is 25.0 Å². The second-order valence-corrected chi connectivity index (χ2v) is 6.44. The first kappa shape index (κ1) is 23.0. The third-order valence-corrected chi connectivity index (χ3v) is 4.15. The number of nitriles is 1. The zero-order valence-electron chi connectivity index (χ0n) is 15.9. The first-order valence-corrected chi connectivity index (χ1v) is 8.91. The Hall–Kier alpha value is -3.66. The molecule has 0 saturated heterocycles. The average molecular weight is 457 g/mol. The number of H-pyrrole nitrogens is 1. The van der Waals surface area contributed by atoms with E-state index in [0.717, 1.165) is 12.1 Å². The number of carbonyl (C=O) groups is 1. The van der Waals surface area contributed by atoms with E-state index in [9.17, 15) is 36.4 Å². The van der Waals surface area contributed by atoms with Crippen molar-refractivity contribution in [3.8, 4) is 17.3 Å². The molecule has 32 heavy (non-hydrogen) atoms. The van der Waals surface area contributed by atoms with Crippen molar-refractivity contribution in [1.82, 2.24) is 20.3 Å². The Morgan fingerprint density at radius 3 is 2.56 bits per heavy atom. The van der Waals surface area contributed by atoms with Crippen LogP contribution < -0.4 is 5.32 Å². The molecule has 0 radical (unpaired) electrons. The van der Waals surface area contributed by atoms with E-state index in [1.165, 1.54) is 18.2 Å². The largest absolute Gasteiger partial charge is 0.490 e. The van der Waals surface area contributed by atoms with E-state index < -0.39 is 30.5 Å². The summed E-state index contributed by atoms with van der Waals surface area (Å²) in [5.41, 5.74) is -0.179. The third-order valence-electron chi connectivity index (χ3n) is 4.15. The first-order chi connectivity index (χ1) is 15.0. The van der Waals surface area contributed by atoms with Gasteiger partial charge in [0.2, 0.25) is 0 Å². The number of hydrogen-bond donors (Lipinski definition) is 2. The summed E-state index contributed by atoms with van der Waals surface area (Å²) >= 11 is 0. The summed E-state index contributed by atoms with van der Waals surface area (Å²) in [7, 11) is 0. The van der Waals surface area contributed by atoms with Crippen molar-refractivity contribution in [2.24, 2.45) is 0 Å². The van der Waals surface area contributed by atoms with E-state index in [4.69, 9.17) is 0 Å². The van der Waals surface area contributed by atoms with Crippen LogP contribution in [0.2, 0.25) is 0 Å². The molecule has 0 amide bonds. The van der Waals surface area contributed by atoms with Crippen LogP contribution in [-0.2, 0) is 22.3 Å². The molecule has 0 spiro atoms. The zero-order chi connectivity index (χ0) is 23.5. The Balaban J connectivity index is 1.75. The number of aromatic nitrogens is 3. The summed E-state index contributed by atoms with van der Waals surface area (Å²) in [4.78, 5) is 21.8. The molecule has 2 heterocycles. The van der Waals surface area contributed by atoms with Crippen molar-refractivity contribution in [3.63, 3.8) is 0 Å². The van der Waals surface area contributed by atoms with Crippen molar-refractivity contribution in [3.05, 3.63) is 47.4 Å². The number of carbonyl (C=O) groups excluding carboxylic acids is 1. The van der Waals surface area contributed by atoms with Gasteiger partial charge in [0.1, 0.15) is 24.0 Å². The van der Waals surface area contributed by atoms with Crippen molar-refractivity contribution in [1.29, 1.82) is 5.26 Å². The Morgan fingerprint density at radius 1 is 1.16 bits per heavy atom. The Morgan fingerprint density at radius 2 is 1.91 bits per heavy atom. The predicted molar refractivity (Wildman–Crippen MR) is 97.8 cm³/mol. The topological polar surface area (TPSA) is 104 Å². The summed E-state index contributed by atoms with van der Waals surface area (Å²) in [6.45, 7) is -0.594. The summed E-state index contributed by atoms with van der Waals surface area (Å²) in [6, 6.07) is 7.76. The second-order valence-electron chi connectivity index (χ2n) is 6.44. The number of alkyl halides is 6. The molecule has 3 aromatic rings. The summed E-state index contributed by atoms with van der Waals surface area (Å²) in [5.74, 6) is -2.00. The molecule has 1 aromatic carbocycles. The van der Waals surface area contributed by atoms with Crippen molar-refractivity contribution < 1.29 is 35.9 Å². The molecule has 0 aliphatic heterocycles. The zero-order valence-corrected chi connectivity index (χ0v) is 15.9. The molecule has 13 heteroatoms. The molecule has 2 aromatic heterocycles. The van der Waals surface area contributed by atoms with Crippen LogP contribution in [0.3, 0.4) is 0 Å². The second kappa shape index (κ2) is 8.83. The lowest BCUT2D eigenvalue weighted by Crippen LogP contribution is -2.29. The van der Waals surface area contributed by atoms with Gasteiger partial charge in [-0.15, -0.1) is 0 Å². The van der Waals surface area contributed by atoms with Gasteiger partial charge in [0, 0.05) is 12.1 Å². The highest BCUT2D eigenvalue weighted by atomic mass is 19.4. The predicted octanol–water partition coefficient (Wildman–Crippen LogP) is 3.71. The van der Waals surface area contributed by atoms with Gasteiger partial charge in [0.25, 0.3) is 0 Å². The van der Waals surface area contributed by atoms with Gasteiger partial charge in [-0.25, -0.2) is 14.8 Å². The van der Waals surface area contributed by atoms with Gasteiger partial charge in [0.05, 0.1) is 23.3 Å². The lowest BCUT2D eigenvalue weighted by molar-refractivity contribution is -0.199. The summed E-state index contributed by atoms with van der Waals surface area (Å²) in [6.07, 6.45) is -9.61. The van der Waals surface area contributed by atoms with Crippen LogP contribution in [0.1, 0.15) is 17.1 Å². The van der Waals surface area contributed by atoms with Crippen LogP contribution in [0.4, 0.5) is 26.3 Å². The number of benzene rings is 1. The number of fused-ring (bicyclic) bond motifs is 1. The van der Waals surface area contributed by atoms with Gasteiger partial charge in [-0.2, -0.15) is 31.6 Å². The van der Waals surface area contributed by atoms with E-state index in [0.29, 0.717) is 11.3 Å². The van der Waals surface area contributed by atoms with Crippen molar-refractivity contribution >= 4 is 17.0 Å². The number of halogens is 6. The number of hydrogen-bond acceptors (Lipinski definition) is 6. The smallest absolute Gasteiger partial charge is 0.458 e. The number of pyridine rings is 1. The molecule has 2 N–H and O–H groups in total. The number of nitrogens with one attached hydrogen (secondary N) is 2. The highest BCUT2D eigenvalue weighted by Crippen LogP contribution is 2.32. The molecule has 7 nitrogen and oxygen atoms in total. The number of esters is 1. The van der Waals surface area contributed by atoms with Gasteiger partial charge in [0.15, 0.2) is 5.69 Å². The number of aromatic amines is 1. The normalized spacial score (nSPS) is 12.0. The van der Waals surface area contributed by atoms with Crippen LogP contribution in [0.5, 0.6) is 0 Å². The lowest BCUT2D eigenvalue weighted by atomic mass is 10.1. The fraction of sp³-hybridized carbons (Fsp3) is 0.263. The van der Waals surface area contributed by atoms with E-state index in [-0.39, 0.29) is 35.6 Å². The van der Waals surface area contributed by atoms with Crippen LogP contribution >= 0.6 is 0 Å². The highest BCUT2D eigenvalue weighted by Gasteiger charge is 2.40. The van der Waals surface area contributed by atoms with Crippen LogP contribution in [-0.4, -0.2) is 40.2 Å². The van der Waals surface area contributed by atoms with Crippen molar-refractivity contribution in [2.75, 3.05) is 13.2 Å². The van der Waals surface area contributed by atoms with E-state index >= 15 is 0 Å². The van der Waals surface area contributed by atoms with Gasteiger partial charge in [-0.05, 0) is 18.2 Å². The fourth-order valence-electron chi connectivity index (χ4n) is 2.73. The molecule has 3 rings (SSSR count). The molecule has 168 valence electrons. The van der Waals surface area contributed by atoms with Gasteiger partial charge in [-0.1, -0.05) is 12.1 Å². The average Bonchev–Trinajstić information content (AvgIpc) is 3.14. The quantitative estimate of drug-likeness (QED) is 0.332. The van der Waals surface area contributed by atoms with Crippen molar-refractivity contribution in [2.45, 2.75) is 18.9 Å². The van der Waals surface area contributed by atoms with Crippen LogP contribution in [0.15, 0.2) is 30.3 Å². The maximum absolute atomic E-state index is 13.0. The molecular formula is C19H13F6N5O2. The van der Waals surface area contributed by atoms with Crippen LogP contribution in [0, 0.1) is 11.3 Å². The standard InChI is InChI=1S/C19H13F6N5O2/c20-18(21,22)11-3-1-2-10(6-11)12-7-13-16(14(8-26)28-12)30-15(29-13)9-27-4-5-32-17(31)19(23,24)25/h1-3,6-7,27H,4-5,9H2,(H,29,30). The Bertz CT molecular complexity index is 1180. The molecule has 0 saturated carbocycles. The van der Waals surface area contributed by atoms with Crippen LogP contribution in [0.25, 0.3) is 22.3 Å². The van der Waals surface area contributed by atoms with Gasteiger partial charge >= 0.3 is 18.3 Å². The minimum atomic E-state index is -5.07.